The third-order valence-corrected chi connectivity index (χ3v) is 5.74. The summed E-state index contributed by atoms with van der Waals surface area (Å²) in [5.74, 6) is 0.775. The first-order valence-electron chi connectivity index (χ1n) is 9.65. The number of ether oxygens (including phenoxy) is 1. The molecule has 0 amide bonds. The Bertz CT molecular complexity index is 977. The molecule has 1 saturated heterocycles. The molecule has 1 fully saturated rings. The summed E-state index contributed by atoms with van der Waals surface area (Å²) in [4.78, 5) is 7.58. The summed E-state index contributed by atoms with van der Waals surface area (Å²) in [6.07, 6.45) is 3.29. The topological polar surface area (TPSA) is 49.9 Å². The van der Waals surface area contributed by atoms with Crippen LogP contribution in [0.4, 0.5) is 8.78 Å². The molecular weight excluding hydrogens is 360 g/mol. The van der Waals surface area contributed by atoms with Crippen LogP contribution in [0.1, 0.15) is 37.3 Å². The lowest BCUT2D eigenvalue weighted by atomic mass is 9.82. The van der Waals surface area contributed by atoms with Crippen LogP contribution in [0.25, 0.3) is 22.2 Å². The molecule has 3 heterocycles. The van der Waals surface area contributed by atoms with Gasteiger partial charge in [0.15, 0.2) is 0 Å². The van der Waals surface area contributed by atoms with Crippen molar-refractivity contribution in [3.05, 3.63) is 47.8 Å². The highest BCUT2D eigenvalue weighted by molar-refractivity contribution is 5.98. The zero-order chi connectivity index (χ0) is 19.7. The van der Waals surface area contributed by atoms with Crippen molar-refractivity contribution >= 4 is 11.0 Å². The molecule has 0 saturated carbocycles. The fourth-order valence-electron chi connectivity index (χ4n) is 3.89. The van der Waals surface area contributed by atoms with E-state index in [0.29, 0.717) is 12.2 Å². The number of H-pyrrole nitrogens is 1. The number of fused-ring (bicyclic) bond motifs is 1. The number of hydrogen-bond donors (Lipinski definition) is 2. The van der Waals surface area contributed by atoms with Crippen LogP contribution in [0.3, 0.4) is 0 Å². The minimum atomic E-state index is -2.47. The van der Waals surface area contributed by atoms with Gasteiger partial charge in [0.2, 0.25) is 0 Å². The predicted molar refractivity (Wildman–Crippen MR) is 107 cm³/mol. The van der Waals surface area contributed by atoms with E-state index in [-0.39, 0.29) is 11.0 Å². The van der Waals surface area contributed by atoms with E-state index in [1.54, 1.807) is 25.3 Å². The SMILES string of the molecule is Cc1cc(-c2c[nH]c3nccc(OCC4(C)CCNCC4)c23)ccc1C(F)F. The van der Waals surface area contributed by atoms with Crippen molar-refractivity contribution in [1.29, 1.82) is 0 Å². The first-order chi connectivity index (χ1) is 13.5. The monoisotopic (exact) mass is 385 g/mol. The normalized spacial score (nSPS) is 16.6. The number of rotatable bonds is 5. The second-order valence-corrected chi connectivity index (χ2v) is 7.96. The van der Waals surface area contributed by atoms with Crippen molar-refractivity contribution in [3.63, 3.8) is 0 Å². The summed E-state index contributed by atoms with van der Waals surface area (Å²) in [5.41, 5.74) is 3.31. The van der Waals surface area contributed by atoms with E-state index < -0.39 is 6.43 Å². The van der Waals surface area contributed by atoms with Gasteiger partial charge < -0.3 is 15.0 Å². The van der Waals surface area contributed by atoms with Gasteiger partial charge in [0.25, 0.3) is 6.43 Å². The molecular formula is C22H25F2N3O. The Balaban J connectivity index is 1.68. The first-order valence-corrected chi connectivity index (χ1v) is 9.65. The highest BCUT2D eigenvalue weighted by Crippen LogP contribution is 2.37. The number of aromatic nitrogens is 2. The third kappa shape index (κ3) is 3.61. The first kappa shape index (κ1) is 18.9. The van der Waals surface area contributed by atoms with E-state index in [4.69, 9.17) is 4.74 Å². The Kier molecular flexibility index (Phi) is 5.06. The smallest absolute Gasteiger partial charge is 0.264 e. The minimum Gasteiger partial charge on any atom is -0.492 e. The minimum absolute atomic E-state index is 0.0667. The number of alkyl halides is 2. The van der Waals surface area contributed by atoms with E-state index in [2.05, 4.69) is 22.2 Å². The summed E-state index contributed by atoms with van der Waals surface area (Å²) in [6, 6.07) is 6.92. The highest BCUT2D eigenvalue weighted by atomic mass is 19.3. The van der Waals surface area contributed by atoms with Crippen LogP contribution >= 0.6 is 0 Å². The van der Waals surface area contributed by atoms with Gasteiger partial charge in [-0.25, -0.2) is 13.8 Å². The Morgan fingerprint density at radius 1 is 1.21 bits per heavy atom. The molecule has 1 aliphatic rings. The summed E-state index contributed by atoms with van der Waals surface area (Å²) in [6.45, 7) is 6.64. The highest BCUT2D eigenvalue weighted by Gasteiger charge is 2.28. The Labute approximate surface area is 163 Å². The van der Waals surface area contributed by atoms with Crippen LogP contribution in [0.5, 0.6) is 5.75 Å². The predicted octanol–water partition coefficient (Wildman–Crippen LogP) is 5.24. The van der Waals surface area contributed by atoms with E-state index in [1.807, 2.05) is 12.3 Å². The van der Waals surface area contributed by atoms with Gasteiger partial charge in [0.05, 0.1) is 12.0 Å². The molecule has 1 aromatic carbocycles. The zero-order valence-electron chi connectivity index (χ0n) is 16.2. The summed E-state index contributed by atoms with van der Waals surface area (Å²) in [5, 5.41) is 4.28. The maximum absolute atomic E-state index is 13.1. The number of nitrogens with one attached hydrogen (secondary N) is 2. The lowest BCUT2D eigenvalue weighted by Crippen LogP contribution is -2.38. The number of piperidine rings is 1. The van der Waals surface area contributed by atoms with Gasteiger partial charge in [-0.2, -0.15) is 0 Å². The van der Waals surface area contributed by atoms with E-state index in [1.165, 1.54) is 6.07 Å². The molecule has 148 valence electrons. The quantitative estimate of drug-likeness (QED) is 0.631. The lowest BCUT2D eigenvalue weighted by Gasteiger charge is -2.33. The molecule has 0 aliphatic carbocycles. The number of nitrogens with zero attached hydrogens (tertiary/aromatic N) is 1. The summed E-state index contributed by atoms with van der Waals surface area (Å²) in [7, 11) is 0. The number of aromatic amines is 1. The standard InChI is InChI=1S/C22H25F2N3O/c1-14-11-15(3-4-16(14)20(23)24)17-12-27-21-19(17)18(5-8-26-21)28-13-22(2)6-9-25-10-7-22/h3-5,8,11-12,20,25H,6-7,9-10,13H2,1-2H3,(H,26,27). The second-order valence-electron chi connectivity index (χ2n) is 7.96. The largest absolute Gasteiger partial charge is 0.492 e. The van der Waals surface area contributed by atoms with E-state index >= 15 is 0 Å². The van der Waals surface area contributed by atoms with Crippen LogP contribution in [-0.2, 0) is 0 Å². The lowest BCUT2D eigenvalue weighted by molar-refractivity contribution is 0.124. The molecule has 0 unspecified atom stereocenters. The number of pyridine rings is 1. The number of aryl methyl sites for hydroxylation is 1. The van der Waals surface area contributed by atoms with E-state index in [9.17, 15) is 8.78 Å². The average Bonchev–Trinajstić information content (AvgIpc) is 3.11. The Morgan fingerprint density at radius 2 is 2.00 bits per heavy atom. The maximum atomic E-state index is 13.1. The van der Waals surface area contributed by atoms with Gasteiger partial charge in [-0.3, -0.25) is 0 Å². The molecule has 4 nitrogen and oxygen atoms in total. The molecule has 1 aliphatic heterocycles. The fraction of sp³-hybridized carbons (Fsp3) is 0.409. The van der Waals surface area contributed by atoms with Crippen LogP contribution in [-0.4, -0.2) is 29.7 Å². The molecule has 3 aromatic rings. The molecule has 2 aromatic heterocycles. The molecule has 28 heavy (non-hydrogen) atoms. The number of halogens is 2. The summed E-state index contributed by atoms with van der Waals surface area (Å²) >= 11 is 0. The van der Waals surface area contributed by atoms with Gasteiger partial charge in [-0.1, -0.05) is 25.1 Å². The number of benzene rings is 1. The van der Waals surface area contributed by atoms with Crippen molar-refractivity contribution in [1.82, 2.24) is 15.3 Å². The molecule has 0 spiro atoms. The molecule has 0 bridgehead atoms. The van der Waals surface area contributed by atoms with E-state index in [0.717, 1.165) is 53.8 Å². The van der Waals surface area contributed by atoms with Gasteiger partial charge >= 0.3 is 0 Å². The van der Waals surface area contributed by atoms with Gasteiger partial charge in [-0.05, 0) is 50.0 Å². The summed E-state index contributed by atoms with van der Waals surface area (Å²) < 4.78 is 32.5. The van der Waals surface area contributed by atoms with Crippen LogP contribution < -0.4 is 10.1 Å². The van der Waals surface area contributed by atoms with Crippen molar-refractivity contribution in [2.45, 2.75) is 33.1 Å². The molecule has 6 heteroatoms. The van der Waals surface area contributed by atoms with Crippen molar-refractivity contribution in [2.75, 3.05) is 19.7 Å². The molecule has 0 radical (unpaired) electrons. The Morgan fingerprint density at radius 3 is 2.71 bits per heavy atom. The third-order valence-electron chi connectivity index (χ3n) is 5.74. The second kappa shape index (κ2) is 7.51. The molecule has 4 rings (SSSR count). The van der Waals surface area contributed by atoms with Crippen LogP contribution in [0, 0.1) is 12.3 Å². The van der Waals surface area contributed by atoms with Gasteiger partial charge in [0, 0.05) is 28.9 Å². The number of hydrogen-bond acceptors (Lipinski definition) is 3. The fourth-order valence-corrected chi connectivity index (χ4v) is 3.89. The Hall–Kier alpha value is -2.47. The van der Waals surface area contributed by atoms with Crippen molar-refractivity contribution in [3.8, 4) is 16.9 Å². The van der Waals surface area contributed by atoms with Crippen LogP contribution in [0.2, 0.25) is 0 Å². The average molecular weight is 385 g/mol. The van der Waals surface area contributed by atoms with Crippen LogP contribution in [0.15, 0.2) is 36.7 Å². The van der Waals surface area contributed by atoms with Gasteiger partial charge in [-0.15, -0.1) is 0 Å². The zero-order valence-corrected chi connectivity index (χ0v) is 16.2. The molecule has 2 N–H and O–H groups in total. The van der Waals surface area contributed by atoms with Gasteiger partial charge in [0.1, 0.15) is 11.4 Å². The maximum Gasteiger partial charge on any atom is 0.264 e. The van der Waals surface area contributed by atoms with Crippen molar-refractivity contribution < 1.29 is 13.5 Å². The van der Waals surface area contributed by atoms with Crippen molar-refractivity contribution in [2.24, 2.45) is 5.41 Å². The molecule has 0 atom stereocenters.